The Balaban J connectivity index is 2.33. The molecule has 0 spiro atoms. The first-order valence-corrected chi connectivity index (χ1v) is 8.41. The molecule has 0 aliphatic carbocycles. The zero-order valence-corrected chi connectivity index (χ0v) is 14.0. The van der Waals surface area contributed by atoms with Gasteiger partial charge in [-0.15, -0.1) is 0 Å². The van der Waals surface area contributed by atoms with Crippen LogP contribution < -0.4 is 5.32 Å². The van der Waals surface area contributed by atoms with Gasteiger partial charge in [-0.1, -0.05) is 33.6 Å². The number of nitrogens with zero attached hydrogens (tertiary/aromatic N) is 2. The fourth-order valence-electron chi connectivity index (χ4n) is 3.48. The lowest BCUT2D eigenvalue weighted by Crippen LogP contribution is -2.43. The number of nitriles is 1. The van der Waals surface area contributed by atoms with Gasteiger partial charge < -0.3 is 10.2 Å². The molecule has 0 amide bonds. The maximum atomic E-state index is 9.32. The van der Waals surface area contributed by atoms with Gasteiger partial charge in [-0.05, 0) is 64.2 Å². The Labute approximate surface area is 125 Å². The van der Waals surface area contributed by atoms with Gasteiger partial charge in [-0.2, -0.15) is 5.26 Å². The van der Waals surface area contributed by atoms with E-state index in [2.05, 4.69) is 37.1 Å². The van der Waals surface area contributed by atoms with E-state index in [0.29, 0.717) is 5.41 Å². The lowest BCUT2D eigenvalue weighted by atomic mass is 9.74. The van der Waals surface area contributed by atoms with Crippen molar-refractivity contribution in [3.63, 3.8) is 0 Å². The fourth-order valence-corrected chi connectivity index (χ4v) is 3.48. The second-order valence-electron chi connectivity index (χ2n) is 6.45. The minimum atomic E-state index is -0.313. The summed E-state index contributed by atoms with van der Waals surface area (Å²) < 4.78 is 0. The summed E-state index contributed by atoms with van der Waals surface area (Å²) in [7, 11) is 1.91. The smallest absolute Gasteiger partial charge is 0.106 e. The van der Waals surface area contributed by atoms with Crippen molar-refractivity contribution in [1.29, 1.82) is 5.26 Å². The third kappa shape index (κ3) is 4.20. The van der Waals surface area contributed by atoms with Crippen LogP contribution in [-0.2, 0) is 0 Å². The van der Waals surface area contributed by atoms with E-state index in [1.54, 1.807) is 0 Å². The van der Waals surface area contributed by atoms with Gasteiger partial charge in [0, 0.05) is 0 Å². The molecule has 0 bridgehead atoms. The van der Waals surface area contributed by atoms with E-state index in [4.69, 9.17) is 0 Å². The lowest BCUT2D eigenvalue weighted by Gasteiger charge is -2.41. The van der Waals surface area contributed by atoms with Crippen LogP contribution in [-0.4, -0.2) is 37.1 Å². The van der Waals surface area contributed by atoms with Crippen LogP contribution in [0.15, 0.2) is 0 Å². The molecule has 0 saturated carbocycles. The van der Waals surface area contributed by atoms with Gasteiger partial charge in [0.15, 0.2) is 0 Å². The summed E-state index contributed by atoms with van der Waals surface area (Å²) in [5, 5.41) is 12.5. The molecule has 20 heavy (non-hydrogen) atoms. The number of rotatable bonds is 8. The number of hydrogen-bond donors (Lipinski definition) is 1. The van der Waals surface area contributed by atoms with Crippen LogP contribution in [0.5, 0.6) is 0 Å². The normalized spacial score (nSPS) is 22.1. The predicted octanol–water partition coefficient (Wildman–Crippen LogP) is 3.56. The van der Waals surface area contributed by atoms with Crippen LogP contribution >= 0.6 is 0 Å². The molecule has 0 aromatic carbocycles. The van der Waals surface area contributed by atoms with Gasteiger partial charge in [-0.3, -0.25) is 0 Å². The quantitative estimate of drug-likeness (QED) is 0.738. The van der Waals surface area contributed by atoms with Crippen LogP contribution in [0, 0.1) is 16.7 Å². The summed E-state index contributed by atoms with van der Waals surface area (Å²) in [6.45, 7) is 10.4. The summed E-state index contributed by atoms with van der Waals surface area (Å²) in [6.07, 6.45) is 8.31. The van der Waals surface area contributed by atoms with Gasteiger partial charge in [0.2, 0.25) is 0 Å². The zero-order chi connectivity index (χ0) is 15.1. The Bertz CT molecular complexity index is 301. The van der Waals surface area contributed by atoms with Crippen molar-refractivity contribution in [3.05, 3.63) is 0 Å². The Kier molecular flexibility index (Phi) is 6.99. The molecule has 116 valence electrons. The summed E-state index contributed by atoms with van der Waals surface area (Å²) in [4.78, 5) is 2.59. The molecule has 1 aliphatic heterocycles. The molecule has 1 N–H and O–H groups in total. The molecule has 1 aliphatic rings. The highest BCUT2D eigenvalue weighted by molar-refractivity contribution is 5.05. The summed E-state index contributed by atoms with van der Waals surface area (Å²) in [5.41, 5.74) is 0.299. The van der Waals surface area contributed by atoms with Gasteiger partial charge in [0.05, 0.1) is 6.07 Å². The standard InChI is InChI=1S/C17H33N3/c1-5-16(6-2)10-13-20(14-11-16)12-8-9-17(7-3,15-18)19-4/h19H,5-14H2,1-4H3. The molecule has 3 heteroatoms. The van der Waals surface area contributed by atoms with Crippen molar-refractivity contribution in [2.45, 2.75) is 71.3 Å². The Hall–Kier alpha value is -0.590. The number of likely N-dealkylation sites (tertiary alicyclic amines) is 1. The van der Waals surface area contributed by atoms with E-state index >= 15 is 0 Å². The second-order valence-corrected chi connectivity index (χ2v) is 6.45. The van der Waals surface area contributed by atoms with E-state index in [0.717, 1.165) is 25.8 Å². The van der Waals surface area contributed by atoms with Crippen molar-refractivity contribution < 1.29 is 0 Å². The fraction of sp³-hybridized carbons (Fsp3) is 0.941. The minimum Gasteiger partial charge on any atom is -0.303 e. The largest absolute Gasteiger partial charge is 0.303 e. The maximum Gasteiger partial charge on any atom is 0.106 e. The molecule has 0 radical (unpaired) electrons. The van der Waals surface area contributed by atoms with Crippen molar-refractivity contribution in [3.8, 4) is 6.07 Å². The highest BCUT2D eigenvalue weighted by Crippen LogP contribution is 2.37. The molecular weight excluding hydrogens is 246 g/mol. The van der Waals surface area contributed by atoms with Gasteiger partial charge >= 0.3 is 0 Å². The first-order valence-electron chi connectivity index (χ1n) is 8.41. The van der Waals surface area contributed by atoms with Gasteiger partial charge in [0.25, 0.3) is 0 Å². The maximum absolute atomic E-state index is 9.32. The van der Waals surface area contributed by atoms with E-state index < -0.39 is 0 Å². The number of nitrogens with one attached hydrogen (secondary N) is 1. The van der Waals surface area contributed by atoms with Gasteiger partial charge in [-0.25, -0.2) is 0 Å². The average Bonchev–Trinajstić information content (AvgIpc) is 2.53. The van der Waals surface area contributed by atoms with Crippen LogP contribution in [0.3, 0.4) is 0 Å². The highest BCUT2D eigenvalue weighted by atomic mass is 15.1. The molecule has 1 rings (SSSR count). The number of piperidine rings is 1. The molecule has 0 aromatic rings. The summed E-state index contributed by atoms with van der Waals surface area (Å²) in [5.74, 6) is 0. The average molecular weight is 279 g/mol. The van der Waals surface area contributed by atoms with Crippen molar-refractivity contribution in [2.75, 3.05) is 26.7 Å². The molecular formula is C17H33N3. The molecule has 1 atom stereocenters. The first-order chi connectivity index (χ1) is 9.59. The molecule has 0 aromatic heterocycles. The zero-order valence-electron chi connectivity index (χ0n) is 14.0. The van der Waals surface area contributed by atoms with Crippen molar-refractivity contribution >= 4 is 0 Å². The summed E-state index contributed by atoms with van der Waals surface area (Å²) >= 11 is 0. The van der Waals surface area contributed by atoms with Gasteiger partial charge in [0.1, 0.15) is 5.54 Å². The van der Waals surface area contributed by atoms with Crippen molar-refractivity contribution in [1.82, 2.24) is 10.2 Å². The minimum absolute atomic E-state index is 0.313. The van der Waals surface area contributed by atoms with Crippen molar-refractivity contribution in [2.24, 2.45) is 5.41 Å². The number of hydrogen-bond acceptors (Lipinski definition) is 3. The lowest BCUT2D eigenvalue weighted by molar-refractivity contribution is 0.0931. The van der Waals surface area contributed by atoms with E-state index in [9.17, 15) is 5.26 Å². The first kappa shape index (κ1) is 17.5. The van der Waals surface area contributed by atoms with Crippen LogP contribution in [0.4, 0.5) is 0 Å². The SMILES string of the molecule is CCC1(CC)CCN(CCCC(C#N)(CC)NC)CC1. The van der Waals surface area contributed by atoms with Crippen LogP contribution in [0.2, 0.25) is 0 Å². The third-order valence-electron chi connectivity index (χ3n) is 5.79. The topological polar surface area (TPSA) is 39.1 Å². The Morgan fingerprint density at radius 2 is 1.80 bits per heavy atom. The molecule has 1 heterocycles. The van der Waals surface area contributed by atoms with E-state index in [-0.39, 0.29) is 5.54 Å². The summed E-state index contributed by atoms with van der Waals surface area (Å²) in [6, 6.07) is 2.45. The molecule has 1 fully saturated rings. The highest BCUT2D eigenvalue weighted by Gasteiger charge is 2.31. The van der Waals surface area contributed by atoms with Crippen LogP contribution in [0.1, 0.15) is 65.7 Å². The van der Waals surface area contributed by atoms with Crippen LogP contribution in [0.25, 0.3) is 0 Å². The predicted molar refractivity (Wildman–Crippen MR) is 85.6 cm³/mol. The molecule has 1 saturated heterocycles. The van der Waals surface area contributed by atoms with E-state index in [1.165, 1.54) is 38.8 Å². The monoisotopic (exact) mass is 279 g/mol. The second kappa shape index (κ2) is 8.00. The Morgan fingerprint density at radius 1 is 1.20 bits per heavy atom. The Morgan fingerprint density at radius 3 is 2.20 bits per heavy atom. The molecule has 1 unspecified atom stereocenters. The third-order valence-corrected chi connectivity index (χ3v) is 5.79. The molecule has 3 nitrogen and oxygen atoms in total. The van der Waals surface area contributed by atoms with E-state index in [1.807, 2.05) is 7.05 Å².